The molecule has 0 unspecified atom stereocenters. The van der Waals surface area contributed by atoms with Gasteiger partial charge in [-0.3, -0.25) is 9.79 Å². The predicted octanol–water partition coefficient (Wildman–Crippen LogP) is 1.55. The molecule has 0 saturated heterocycles. The molecule has 0 radical (unpaired) electrons. The molecule has 0 aliphatic carbocycles. The highest BCUT2D eigenvalue weighted by atomic mass is 16.5. The number of aliphatic hydroxyl groups excluding tert-OH is 1. The number of aliphatic imine (C=N–C) groups is 1. The van der Waals surface area contributed by atoms with E-state index >= 15 is 0 Å². The SMILES string of the molecule is COc1ccc(C(O)=C(C(C)=O)C2=NCCN2)cc1. The molecule has 100 valence electrons. The number of nitrogens with one attached hydrogen (secondary N) is 1. The number of hydrogen-bond acceptors (Lipinski definition) is 5. The smallest absolute Gasteiger partial charge is 0.167 e. The summed E-state index contributed by atoms with van der Waals surface area (Å²) in [4.78, 5) is 15.9. The first-order valence-corrected chi connectivity index (χ1v) is 6.00. The summed E-state index contributed by atoms with van der Waals surface area (Å²) >= 11 is 0. The Hall–Kier alpha value is -2.30. The van der Waals surface area contributed by atoms with E-state index in [-0.39, 0.29) is 17.1 Å². The second-order valence-electron chi connectivity index (χ2n) is 4.17. The summed E-state index contributed by atoms with van der Waals surface area (Å²) in [7, 11) is 1.57. The van der Waals surface area contributed by atoms with Gasteiger partial charge in [0.05, 0.1) is 13.7 Å². The number of nitrogens with zero attached hydrogens (tertiary/aromatic N) is 1. The Morgan fingerprint density at radius 2 is 2.05 bits per heavy atom. The maximum absolute atomic E-state index is 11.7. The average molecular weight is 260 g/mol. The Kier molecular flexibility index (Phi) is 3.85. The van der Waals surface area contributed by atoms with Gasteiger partial charge < -0.3 is 15.2 Å². The zero-order valence-electron chi connectivity index (χ0n) is 10.9. The number of aliphatic hydroxyl groups is 1. The first-order valence-electron chi connectivity index (χ1n) is 6.00. The first kappa shape index (κ1) is 13.1. The third-order valence-electron chi connectivity index (χ3n) is 2.86. The van der Waals surface area contributed by atoms with Crippen LogP contribution in [-0.2, 0) is 4.79 Å². The van der Waals surface area contributed by atoms with Crippen molar-refractivity contribution in [2.75, 3.05) is 20.2 Å². The molecule has 0 amide bonds. The van der Waals surface area contributed by atoms with Crippen LogP contribution in [0.15, 0.2) is 34.8 Å². The quantitative estimate of drug-likeness (QED) is 0.636. The van der Waals surface area contributed by atoms with Crippen LogP contribution < -0.4 is 10.1 Å². The molecule has 1 aromatic carbocycles. The van der Waals surface area contributed by atoms with Crippen LogP contribution in [0, 0.1) is 0 Å². The Balaban J connectivity index is 2.42. The van der Waals surface area contributed by atoms with Crippen molar-refractivity contribution in [3.8, 4) is 5.75 Å². The van der Waals surface area contributed by atoms with Gasteiger partial charge in [-0.15, -0.1) is 0 Å². The molecule has 0 saturated carbocycles. The number of Topliss-reactive ketones (excluding diaryl/α,β-unsaturated/α-hetero) is 1. The van der Waals surface area contributed by atoms with Gasteiger partial charge in [0.1, 0.15) is 22.9 Å². The molecule has 1 heterocycles. The Bertz CT molecular complexity index is 544. The molecule has 1 aromatic rings. The van der Waals surface area contributed by atoms with Gasteiger partial charge in [0.2, 0.25) is 0 Å². The van der Waals surface area contributed by atoms with E-state index in [0.29, 0.717) is 30.2 Å². The summed E-state index contributed by atoms with van der Waals surface area (Å²) in [5.74, 6) is 0.864. The van der Waals surface area contributed by atoms with E-state index in [0.717, 1.165) is 0 Å². The summed E-state index contributed by atoms with van der Waals surface area (Å²) in [6, 6.07) is 6.86. The van der Waals surface area contributed by atoms with Crippen LogP contribution in [-0.4, -0.2) is 36.9 Å². The molecule has 0 spiro atoms. The van der Waals surface area contributed by atoms with E-state index in [1.165, 1.54) is 6.92 Å². The van der Waals surface area contributed by atoms with Gasteiger partial charge in [-0.05, 0) is 31.2 Å². The lowest BCUT2D eigenvalue weighted by molar-refractivity contribution is -0.113. The summed E-state index contributed by atoms with van der Waals surface area (Å²) < 4.78 is 5.06. The standard InChI is InChI=1S/C14H16N2O3/c1-9(17)12(14-15-7-8-16-14)13(18)10-3-5-11(19-2)6-4-10/h3-6,18H,7-8H2,1-2H3,(H,15,16). The number of amidine groups is 1. The molecule has 0 aromatic heterocycles. The molecule has 2 rings (SSSR count). The van der Waals surface area contributed by atoms with Crippen molar-refractivity contribution in [2.24, 2.45) is 4.99 Å². The topological polar surface area (TPSA) is 70.9 Å². The van der Waals surface area contributed by atoms with E-state index in [4.69, 9.17) is 4.74 Å². The number of benzene rings is 1. The highest BCUT2D eigenvalue weighted by Crippen LogP contribution is 2.21. The van der Waals surface area contributed by atoms with Crippen LogP contribution in [0.4, 0.5) is 0 Å². The molecular formula is C14H16N2O3. The van der Waals surface area contributed by atoms with Gasteiger partial charge >= 0.3 is 0 Å². The molecule has 19 heavy (non-hydrogen) atoms. The predicted molar refractivity (Wildman–Crippen MR) is 73.5 cm³/mol. The van der Waals surface area contributed by atoms with Gasteiger partial charge in [0.25, 0.3) is 0 Å². The van der Waals surface area contributed by atoms with Crippen LogP contribution in [0.3, 0.4) is 0 Å². The second-order valence-corrected chi connectivity index (χ2v) is 4.17. The van der Waals surface area contributed by atoms with Crippen LogP contribution in [0.5, 0.6) is 5.75 Å². The van der Waals surface area contributed by atoms with Crippen molar-refractivity contribution >= 4 is 17.4 Å². The van der Waals surface area contributed by atoms with Crippen molar-refractivity contribution < 1.29 is 14.6 Å². The van der Waals surface area contributed by atoms with Crippen molar-refractivity contribution in [2.45, 2.75) is 6.92 Å². The number of ketones is 1. The van der Waals surface area contributed by atoms with Crippen molar-refractivity contribution in [3.05, 3.63) is 35.4 Å². The van der Waals surface area contributed by atoms with Gasteiger partial charge in [-0.25, -0.2) is 0 Å². The van der Waals surface area contributed by atoms with Crippen molar-refractivity contribution in [1.82, 2.24) is 5.32 Å². The van der Waals surface area contributed by atoms with Gasteiger partial charge in [-0.1, -0.05) is 0 Å². The Morgan fingerprint density at radius 1 is 1.37 bits per heavy atom. The average Bonchev–Trinajstić information content (AvgIpc) is 2.92. The Morgan fingerprint density at radius 3 is 2.53 bits per heavy atom. The van der Waals surface area contributed by atoms with E-state index < -0.39 is 0 Å². The molecule has 0 atom stereocenters. The second kappa shape index (κ2) is 5.56. The monoisotopic (exact) mass is 260 g/mol. The highest BCUT2D eigenvalue weighted by molar-refractivity contribution is 6.25. The van der Waals surface area contributed by atoms with E-state index in [1.54, 1.807) is 31.4 Å². The number of ether oxygens (including phenoxy) is 1. The van der Waals surface area contributed by atoms with E-state index in [9.17, 15) is 9.90 Å². The van der Waals surface area contributed by atoms with Crippen LogP contribution in [0.2, 0.25) is 0 Å². The van der Waals surface area contributed by atoms with Gasteiger partial charge in [0.15, 0.2) is 5.78 Å². The Labute approximate surface area is 111 Å². The van der Waals surface area contributed by atoms with E-state index in [1.807, 2.05) is 0 Å². The molecule has 5 heteroatoms. The number of carbonyl (C=O) groups is 1. The van der Waals surface area contributed by atoms with Crippen LogP contribution >= 0.6 is 0 Å². The minimum Gasteiger partial charge on any atom is -0.506 e. The minimum atomic E-state index is -0.221. The minimum absolute atomic E-state index is 0.0664. The van der Waals surface area contributed by atoms with Gasteiger partial charge in [0, 0.05) is 12.1 Å². The lowest BCUT2D eigenvalue weighted by atomic mass is 10.0. The summed E-state index contributed by atoms with van der Waals surface area (Å²) in [6.07, 6.45) is 0. The zero-order chi connectivity index (χ0) is 13.8. The molecular weight excluding hydrogens is 244 g/mol. The maximum Gasteiger partial charge on any atom is 0.167 e. The molecule has 2 N–H and O–H groups in total. The molecule has 0 fully saturated rings. The van der Waals surface area contributed by atoms with Crippen molar-refractivity contribution in [3.63, 3.8) is 0 Å². The summed E-state index contributed by atoms with van der Waals surface area (Å²) in [5.41, 5.74) is 0.782. The van der Waals surface area contributed by atoms with Gasteiger partial charge in [-0.2, -0.15) is 0 Å². The number of hydrogen-bond donors (Lipinski definition) is 2. The molecule has 5 nitrogen and oxygen atoms in total. The van der Waals surface area contributed by atoms with Crippen LogP contribution in [0.25, 0.3) is 5.76 Å². The normalized spacial score (nSPS) is 15.4. The molecule has 0 bridgehead atoms. The lowest BCUT2D eigenvalue weighted by Gasteiger charge is -2.09. The lowest BCUT2D eigenvalue weighted by Crippen LogP contribution is -2.25. The fraction of sp³-hybridized carbons (Fsp3) is 0.286. The highest BCUT2D eigenvalue weighted by Gasteiger charge is 2.21. The molecule has 1 aliphatic heterocycles. The van der Waals surface area contributed by atoms with Crippen LogP contribution in [0.1, 0.15) is 12.5 Å². The number of carbonyl (C=O) groups excluding carboxylic acids is 1. The fourth-order valence-corrected chi connectivity index (χ4v) is 1.90. The third-order valence-corrected chi connectivity index (χ3v) is 2.86. The van der Waals surface area contributed by atoms with E-state index in [2.05, 4.69) is 10.3 Å². The third kappa shape index (κ3) is 2.76. The largest absolute Gasteiger partial charge is 0.506 e. The maximum atomic E-state index is 11.7. The number of rotatable bonds is 4. The zero-order valence-corrected chi connectivity index (χ0v) is 10.9. The summed E-state index contributed by atoms with van der Waals surface area (Å²) in [6.45, 7) is 2.71. The molecule has 1 aliphatic rings. The first-order chi connectivity index (χ1) is 9.13. The fourth-order valence-electron chi connectivity index (χ4n) is 1.90. The summed E-state index contributed by atoms with van der Waals surface area (Å²) in [5, 5.41) is 13.3. The number of methoxy groups -OCH3 is 1. The van der Waals surface area contributed by atoms with Crippen molar-refractivity contribution in [1.29, 1.82) is 0 Å².